The van der Waals surface area contributed by atoms with Crippen LogP contribution >= 0.6 is 0 Å². The van der Waals surface area contributed by atoms with E-state index in [0.29, 0.717) is 0 Å². The summed E-state index contributed by atoms with van der Waals surface area (Å²) < 4.78 is 0. The number of ketones is 1. The summed E-state index contributed by atoms with van der Waals surface area (Å²) in [4.78, 5) is 11.8. The number of nitrogens with one attached hydrogen (secondary N) is 2. The lowest BCUT2D eigenvalue weighted by atomic mass is 9.93. The summed E-state index contributed by atoms with van der Waals surface area (Å²) in [5.41, 5.74) is 6.22. The molecule has 0 spiro atoms. The maximum absolute atomic E-state index is 11.8. The van der Waals surface area contributed by atoms with Crippen LogP contribution in [0.25, 0.3) is 0 Å². The zero-order valence-electron chi connectivity index (χ0n) is 11.6. The second-order valence-electron chi connectivity index (χ2n) is 4.34. The summed E-state index contributed by atoms with van der Waals surface area (Å²) in [6.07, 6.45) is 0. The number of rotatable bonds is 4. The van der Waals surface area contributed by atoms with Crippen LogP contribution < -0.4 is 10.6 Å². The highest BCUT2D eigenvalue weighted by Gasteiger charge is 2.18. The van der Waals surface area contributed by atoms with Crippen molar-refractivity contribution in [2.24, 2.45) is 0 Å². The Morgan fingerprint density at radius 2 is 1.65 bits per heavy atom. The first-order valence-corrected chi connectivity index (χ1v) is 6.01. The van der Waals surface area contributed by atoms with Gasteiger partial charge < -0.3 is 10.6 Å². The molecular formula is C14H22N2O. The molecule has 0 aliphatic carbocycles. The van der Waals surface area contributed by atoms with Crippen LogP contribution in [-0.4, -0.2) is 19.4 Å². The SMILES string of the molecule is CCNc1c(C)c(NC)c(C)c(C)c1C(C)=O. The quantitative estimate of drug-likeness (QED) is 0.785. The maximum atomic E-state index is 11.8. The van der Waals surface area contributed by atoms with Gasteiger partial charge >= 0.3 is 0 Å². The zero-order valence-corrected chi connectivity index (χ0v) is 11.6. The number of hydrogen-bond donors (Lipinski definition) is 2. The monoisotopic (exact) mass is 234 g/mol. The van der Waals surface area contributed by atoms with Gasteiger partial charge in [0.15, 0.2) is 5.78 Å². The highest BCUT2D eigenvalue weighted by molar-refractivity contribution is 6.03. The Morgan fingerprint density at radius 1 is 1.06 bits per heavy atom. The van der Waals surface area contributed by atoms with Gasteiger partial charge in [-0.25, -0.2) is 0 Å². The Hall–Kier alpha value is -1.51. The third-order valence-corrected chi connectivity index (χ3v) is 3.27. The van der Waals surface area contributed by atoms with Crippen molar-refractivity contribution < 1.29 is 4.79 Å². The molecule has 0 fully saturated rings. The second kappa shape index (κ2) is 5.21. The van der Waals surface area contributed by atoms with Crippen LogP contribution in [0.15, 0.2) is 0 Å². The first-order valence-electron chi connectivity index (χ1n) is 6.01. The number of anilines is 2. The van der Waals surface area contributed by atoms with Gasteiger partial charge in [0.1, 0.15) is 0 Å². The van der Waals surface area contributed by atoms with E-state index in [4.69, 9.17) is 0 Å². The van der Waals surface area contributed by atoms with Gasteiger partial charge in [-0.2, -0.15) is 0 Å². The van der Waals surface area contributed by atoms with Gasteiger partial charge in [0.05, 0.1) is 5.69 Å². The molecule has 0 bridgehead atoms. The van der Waals surface area contributed by atoms with Gasteiger partial charge in [-0.3, -0.25) is 4.79 Å². The Kier molecular flexibility index (Phi) is 4.16. The highest BCUT2D eigenvalue weighted by atomic mass is 16.1. The molecule has 0 radical (unpaired) electrons. The number of Topliss-reactive ketones (excluding diaryl/α,β-unsaturated/α-hetero) is 1. The molecule has 0 saturated carbocycles. The number of benzene rings is 1. The topological polar surface area (TPSA) is 41.1 Å². The number of carbonyl (C=O) groups is 1. The summed E-state index contributed by atoms with van der Waals surface area (Å²) in [6.45, 7) is 10.6. The number of hydrogen-bond acceptors (Lipinski definition) is 3. The summed E-state index contributed by atoms with van der Waals surface area (Å²) in [5, 5.41) is 6.53. The minimum atomic E-state index is 0.118. The Balaban J connectivity index is 3.64. The fourth-order valence-electron chi connectivity index (χ4n) is 2.37. The predicted octanol–water partition coefficient (Wildman–Crippen LogP) is 3.29. The van der Waals surface area contributed by atoms with Crippen molar-refractivity contribution in [3.63, 3.8) is 0 Å². The van der Waals surface area contributed by atoms with Gasteiger partial charge in [-0.05, 0) is 51.3 Å². The largest absolute Gasteiger partial charge is 0.388 e. The van der Waals surface area contributed by atoms with Crippen molar-refractivity contribution in [2.75, 3.05) is 24.2 Å². The summed E-state index contributed by atoms with van der Waals surface area (Å²) >= 11 is 0. The van der Waals surface area contributed by atoms with Gasteiger partial charge in [0.2, 0.25) is 0 Å². The predicted molar refractivity (Wildman–Crippen MR) is 74.4 cm³/mol. The minimum absolute atomic E-state index is 0.118. The van der Waals surface area contributed by atoms with Crippen LogP contribution in [0.1, 0.15) is 40.9 Å². The molecule has 0 amide bonds. The summed E-state index contributed by atoms with van der Waals surface area (Å²) in [6, 6.07) is 0. The molecule has 2 N–H and O–H groups in total. The Labute approximate surface area is 104 Å². The molecule has 3 nitrogen and oxygen atoms in total. The van der Waals surface area contributed by atoms with Crippen molar-refractivity contribution in [3.05, 3.63) is 22.3 Å². The van der Waals surface area contributed by atoms with Crippen LogP contribution in [-0.2, 0) is 0 Å². The lowest BCUT2D eigenvalue weighted by Gasteiger charge is -2.21. The molecule has 0 heterocycles. The average Bonchev–Trinajstić information content (AvgIpc) is 2.26. The summed E-state index contributed by atoms with van der Waals surface area (Å²) in [5.74, 6) is 0.118. The summed E-state index contributed by atoms with van der Waals surface area (Å²) in [7, 11) is 1.91. The van der Waals surface area contributed by atoms with E-state index in [9.17, 15) is 4.79 Å². The molecule has 0 atom stereocenters. The third kappa shape index (κ3) is 2.28. The van der Waals surface area contributed by atoms with E-state index >= 15 is 0 Å². The molecule has 0 aliphatic heterocycles. The van der Waals surface area contributed by atoms with E-state index in [1.54, 1.807) is 6.92 Å². The highest BCUT2D eigenvalue weighted by Crippen LogP contribution is 2.34. The Bertz CT molecular complexity index is 450. The molecule has 1 aromatic rings. The van der Waals surface area contributed by atoms with Crippen LogP contribution in [0.2, 0.25) is 0 Å². The van der Waals surface area contributed by atoms with E-state index in [1.165, 1.54) is 0 Å². The average molecular weight is 234 g/mol. The van der Waals surface area contributed by atoms with E-state index in [1.807, 2.05) is 27.8 Å². The van der Waals surface area contributed by atoms with Crippen LogP contribution in [0.5, 0.6) is 0 Å². The molecule has 0 saturated heterocycles. The second-order valence-corrected chi connectivity index (χ2v) is 4.34. The molecule has 0 aliphatic rings. The van der Waals surface area contributed by atoms with Crippen molar-refractivity contribution in [3.8, 4) is 0 Å². The van der Waals surface area contributed by atoms with Gasteiger partial charge in [0, 0.05) is 24.8 Å². The molecule has 0 aromatic heterocycles. The van der Waals surface area contributed by atoms with Crippen LogP contribution in [0.4, 0.5) is 11.4 Å². The molecular weight excluding hydrogens is 212 g/mol. The van der Waals surface area contributed by atoms with Crippen molar-refractivity contribution in [1.29, 1.82) is 0 Å². The third-order valence-electron chi connectivity index (χ3n) is 3.27. The normalized spacial score (nSPS) is 10.2. The van der Waals surface area contributed by atoms with E-state index in [2.05, 4.69) is 17.6 Å². The lowest BCUT2D eigenvalue weighted by Crippen LogP contribution is -2.12. The molecule has 17 heavy (non-hydrogen) atoms. The van der Waals surface area contributed by atoms with Crippen molar-refractivity contribution in [1.82, 2.24) is 0 Å². The van der Waals surface area contributed by atoms with E-state index in [-0.39, 0.29) is 5.78 Å². The molecule has 1 aromatic carbocycles. The molecule has 94 valence electrons. The minimum Gasteiger partial charge on any atom is -0.388 e. The van der Waals surface area contributed by atoms with Crippen LogP contribution in [0, 0.1) is 20.8 Å². The fourth-order valence-corrected chi connectivity index (χ4v) is 2.37. The first-order chi connectivity index (χ1) is 7.95. The van der Waals surface area contributed by atoms with Gasteiger partial charge in [-0.1, -0.05) is 0 Å². The van der Waals surface area contributed by atoms with Crippen molar-refractivity contribution >= 4 is 17.2 Å². The van der Waals surface area contributed by atoms with Crippen LogP contribution in [0.3, 0.4) is 0 Å². The fraction of sp³-hybridized carbons (Fsp3) is 0.500. The first kappa shape index (κ1) is 13.6. The Morgan fingerprint density at radius 3 is 2.06 bits per heavy atom. The van der Waals surface area contributed by atoms with E-state index in [0.717, 1.165) is 40.2 Å². The van der Waals surface area contributed by atoms with Gasteiger partial charge in [0.25, 0.3) is 0 Å². The zero-order chi connectivity index (χ0) is 13.2. The molecule has 3 heteroatoms. The standard InChI is InChI=1S/C14H22N2O/c1-7-16-14-10(4)13(15-6)9(3)8(2)12(14)11(5)17/h15-16H,7H2,1-6H3. The smallest absolute Gasteiger partial charge is 0.162 e. The van der Waals surface area contributed by atoms with Gasteiger partial charge in [-0.15, -0.1) is 0 Å². The molecule has 1 rings (SSSR count). The lowest BCUT2D eigenvalue weighted by molar-refractivity contribution is 0.101. The maximum Gasteiger partial charge on any atom is 0.162 e. The van der Waals surface area contributed by atoms with E-state index < -0.39 is 0 Å². The van der Waals surface area contributed by atoms with Crippen molar-refractivity contribution in [2.45, 2.75) is 34.6 Å². The number of carbonyl (C=O) groups excluding carboxylic acids is 1. The molecule has 0 unspecified atom stereocenters.